The lowest BCUT2D eigenvalue weighted by molar-refractivity contribution is -0.117. The first-order valence-electron chi connectivity index (χ1n) is 12.3. The average Bonchev–Trinajstić information content (AvgIpc) is 3.39. The molecule has 1 aliphatic heterocycles. The van der Waals surface area contributed by atoms with Gasteiger partial charge >= 0.3 is 0 Å². The number of rotatable bonds is 7. The molecule has 6 heterocycles. The van der Waals surface area contributed by atoms with Crippen molar-refractivity contribution in [1.82, 2.24) is 44.5 Å². The van der Waals surface area contributed by atoms with Crippen molar-refractivity contribution in [3.63, 3.8) is 0 Å². The summed E-state index contributed by atoms with van der Waals surface area (Å²) in [7, 11) is 0. The summed E-state index contributed by atoms with van der Waals surface area (Å²) in [6.45, 7) is 0.434. The predicted molar refractivity (Wildman–Crippen MR) is 134 cm³/mol. The lowest BCUT2D eigenvalue weighted by Gasteiger charge is -2.24. The first kappa shape index (κ1) is 22.3. The number of nitrogens with one attached hydrogen (secondary N) is 3. The minimum absolute atomic E-state index is 0.132. The number of anilines is 4. The second-order valence-electron chi connectivity index (χ2n) is 9.50. The van der Waals surface area contributed by atoms with Crippen LogP contribution in [0.2, 0.25) is 0 Å². The van der Waals surface area contributed by atoms with Gasteiger partial charge in [-0.25, -0.2) is 19.2 Å². The van der Waals surface area contributed by atoms with Gasteiger partial charge in [-0.3, -0.25) is 9.89 Å². The fraction of sp³-hybridized carbons (Fsp3) is 0.292. The third-order valence-electron chi connectivity index (χ3n) is 6.89. The Morgan fingerprint density at radius 1 is 1.21 bits per heavy atom. The van der Waals surface area contributed by atoms with Crippen molar-refractivity contribution < 1.29 is 9.18 Å². The highest BCUT2D eigenvalue weighted by atomic mass is 19.1. The van der Waals surface area contributed by atoms with Crippen LogP contribution < -0.4 is 15.5 Å². The van der Waals surface area contributed by atoms with Crippen LogP contribution in [-0.2, 0) is 4.79 Å². The zero-order chi connectivity index (χ0) is 25.6. The van der Waals surface area contributed by atoms with Crippen LogP contribution in [0.15, 0.2) is 55.4 Å². The molecule has 1 amide bonds. The van der Waals surface area contributed by atoms with Crippen LogP contribution in [0.3, 0.4) is 0 Å². The molecule has 3 N–H and O–H groups in total. The first-order valence-corrected chi connectivity index (χ1v) is 12.3. The molecule has 0 bridgehead atoms. The third kappa shape index (κ3) is 4.19. The van der Waals surface area contributed by atoms with Crippen LogP contribution in [0.4, 0.5) is 27.7 Å². The summed E-state index contributed by atoms with van der Waals surface area (Å²) in [5, 5.41) is 22.6. The Kier molecular flexibility index (Phi) is 5.23. The summed E-state index contributed by atoms with van der Waals surface area (Å²) < 4.78 is 16.7. The Morgan fingerprint density at radius 2 is 2.13 bits per heavy atom. The Morgan fingerprint density at radius 3 is 2.92 bits per heavy atom. The molecule has 13 nitrogen and oxygen atoms in total. The van der Waals surface area contributed by atoms with Crippen LogP contribution in [0, 0.1) is 5.95 Å². The van der Waals surface area contributed by atoms with Crippen LogP contribution >= 0.6 is 0 Å². The van der Waals surface area contributed by atoms with E-state index in [1.165, 1.54) is 37.5 Å². The summed E-state index contributed by atoms with van der Waals surface area (Å²) in [4.78, 5) is 27.8. The largest absolute Gasteiger partial charge is 0.325 e. The highest BCUT2D eigenvalue weighted by molar-refractivity contribution is 5.97. The Hall–Kier alpha value is -4.88. The number of halogens is 1. The van der Waals surface area contributed by atoms with Crippen molar-refractivity contribution in [1.29, 1.82) is 0 Å². The Bertz CT molecular complexity index is 1590. The van der Waals surface area contributed by atoms with E-state index in [4.69, 9.17) is 10.1 Å². The highest BCUT2D eigenvalue weighted by Gasteiger charge is 2.40. The Balaban J connectivity index is 1.22. The van der Waals surface area contributed by atoms with E-state index in [-0.39, 0.29) is 11.9 Å². The Labute approximate surface area is 215 Å². The molecule has 7 rings (SSSR count). The number of aromatic nitrogens is 9. The molecule has 192 valence electrons. The van der Waals surface area contributed by atoms with Crippen molar-refractivity contribution in [2.24, 2.45) is 0 Å². The van der Waals surface area contributed by atoms with Gasteiger partial charge in [0.2, 0.25) is 17.8 Å². The van der Waals surface area contributed by atoms with E-state index in [2.05, 4.69) is 35.9 Å². The SMILES string of the molecule is O=C(Nc1ccc(F)nc1)[C@@H]1CC(n2cncn2)CN1c1nc(Nc2cc(C3CC3)[nH]n2)c2cccn2n1. The standard InChI is InChI=1S/C24H23FN12O/c25-20-6-5-15(10-27-20)29-23(38)19-8-16(37-13-26-12-28-37)11-35(19)24-31-22(18-2-1-7-36(18)34-24)30-21-9-17(32-33-21)14-3-4-14/h1-2,5-7,9-10,12-14,16,19H,3-4,8,11H2,(H,29,38)(H2,30,31,32,33,34)/t16?,19-/m0/s1. The van der Waals surface area contributed by atoms with Crippen molar-refractivity contribution in [3.05, 3.63) is 67.0 Å². The zero-order valence-electron chi connectivity index (χ0n) is 20.1. The summed E-state index contributed by atoms with van der Waals surface area (Å²) >= 11 is 0. The minimum atomic E-state index is -0.623. The van der Waals surface area contributed by atoms with Gasteiger partial charge in [0.15, 0.2) is 11.6 Å². The molecule has 1 saturated carbocycles. The van der Waals surface area contributed by atoms with E-state index >= 15 is 0 Å². The van der Waals surface area contributed by atoms with Gasteiger partial charge < -0.3 is 15.5 Å². The van der Waals surface area contributed by atoms with Crippen molar-refractivity contribution in [2.75, 3.05) is 22.1 Å². The number of pyridine rings is 1. The first-order chi connectivity index (χ1) is 18.6. The minimum Gasteiger partial charge on any atom is -0.325 e. The lowest BCUT2D eigenvalue weighted by Crippen LogP contribution is -2.41. The molecule has 0 spiro atoms. The quantitative estimate of drug-likeness (QED) is 0.279. The van der Waals surface area contributed by atoms with Crippen LogP contribution in [0.25, 0.3) is 5.52 Å². The number of H-pyrrole nitrogens is 1. The van der Waals surface area contributed by atoms with Crippen molar-refractivity contribution in [3.8, 4) is 0 Å². The summed E-state index contributed by atoms with van der Waals surface area (Å²) in [5.74, 6) is 1.24. The fourth-order valence-corrected chi connectivity index (χ4v) is 4.82. The van der Waals surface area contributed by atoms with E-state index in [0.29, 0.717) is 42.2 Å². The molecule has 1 saturated heterocycles. The van der Waals surface area contributed by atoms with Crippen molar-refractivity contribution >= 4 is 34.7 Å². The normalized spacial score (nSPS) is 19.2. The average molecular weight is 515 g/mol. The van der Waals surface area contributed by atoms with Crippen LogP contribution in [-0.4, -0.2) is 63.0 Å². The maximum atomic E-state index is 13.4. The topological polar surface area (TPSA) is 147 Å². The monoisotopic (exact) mass is 514 g/mol. The van der Waals surface area contributed by atoms with Gasteiger partial charge in [0.05, 0.1) is 17.9 Å². The molecule has 14 heteroatoms. The fourth-order valence-electron chi connectivity index (χ4n) is 4.82. The zero-order valence-corrected chi connectivity index (χ0v) is 20.1. The molecule has 38 heavy (non-hydrogen) atoms. The third-order valence-corrected chi connectivity index (χ3v) is 6.89. The number of carbonyl (C=O) groups is 1. The van der Waals surface area contributed by atoms with E-state index in [1.54, 1.807) is 15.5 Å². The number of amides is 1. The van der Waals surface area contributed by atoms with Gasteiger partial charge in [0.25, 0.3) is 0 Å². The van der Waals surface area contributed by atoms with Gasteiger partial charge in [-0.15, -0.1) is 5.10 Å². The molecule has 5 aromatic rings. The molecule has 2 aliphatic rings. The van der Waals surface area contributed by atoms with Crippen LogP contribution in [0.5, 0.6) is 0 Å². The molecule has 2 fully saturated rings. The summed E-state index contributed by atoms with van der Waals surface area (Å²) in [5.41, 5.74) is 2.28. The summed E-state index contributed by atoms with van der Waals surface area (Å²) in [6.07, 6.45) is 8.99. The van der Waals surface area contributed by atoms with Gasteiger partial charge in [0, 0.05) is 36.8 Å². The maximum Gasteiger partial charge on any atom is 0.247 e. The molecular formula is C24H23FN12O. The maximum absolute atomic E-state index is 13.4. The molecule has 0 aromatic carbocycles. The number of fused-ring (bicyclic) bond motifs is 1. The highest BCUT2D eigenvalue weighted by Crippen LogP contribution is 2.40. The number of aromatic amines is 1. The molecule has 0 radical (unpaired) electrons. The number of hydrogen-bond acceptors (Lipinski definition) is 9. The second kappa shape index (κ2) is 8.90. The number of nitrogens with zero attached hydrogens (tertiary/aromatic N) is 9. The molecule has 1 aliphatic carbocycles. The van der Waals surface area contributed by atoms with E-state index in [9.17, 15) is 9.18 Å². The van der Waals surface area contributed by atoms with E-state index in [1.807, 2.05) is 29.3 Å². The molecule has 2 atom stereocenters. The van der Waals surface area contributed by atoms with E-state index in [0.717, 1.165) is 11.2 Å². The molecular weight excluding hydrogens is 491 g/mol. The number of hydrogen-bond donors (Lipinski definition) is 3. The van der Waals surface area contributed by atoms with Gasteiger partial charge in [-0.1, -0.05) is 0 Å². The van der Waals surface area contributed by atoms with Gasteiger partial charge in [-0.05, 0) is 37.1 Å². The molecule has 5 aromatic heterocycles. The van der Waals surface area contributed by atoms with Gasteiger partial charge in [0.1, 0.15) is 24.2 Å². The molecule has 1 unspecified atom stereocenters. The van der Waals surface area contributed by atoms with Gasteiger partial charge in [-0.2, -0.15) is 19.6 Å². The van der Waals surface area contributed by atoms with Crippen molar-refractivity contribution in [2.45, 2.75) is 37.3 Å². The smallest absolute Gasteiger partial charge is 0.247 e. The van der Waals surface area contributed by atoms with E-state index < -0.39 is 12.0 Å². The second-order valence-corrected chi connectivity index (χ2v) is 9.50. The lowest BCUT2D eigenvalue weighted by atomic mass is 10.1. The van der Waals surface area contributed by atoms with Crippen LogP contribution in [0.1, 0.15) is 36.9 Å². The summed E-state index contributed by atoms with van der Waals surface area (Å²) in [6, 6.07) is 7.71. The predicted octanol–water partition coefficient (Wildman–Crippen LogP) is 2.66. The number of carbonyl (C=O) groups excluding carboxylic acids is 1.